The van der Waals surface area contributed by atoms with Gasteiger partial charge < -0.3 is 10.2 Å². The summed E-state index contributed by atoms with van der Waals surface area (Å²) in [5, 5.41) is 19.0. The minimum atomic E-state index is 0.221. The third kappa shape index (κ3) is 8.26. The van der Waals surface area contributed by atoms with Gasteiger partial charge in [-0.25, -0.2) is 0 Å². The lowest BCUT2D eigenvalue weighted by Crippen LogP contribution is -1.85. The van der Waals surface area contributed by atoms with Crippen molar-refractivity contribution >= 4 is 23.5 Å². The van der Waals surface area contributed by atoms with Gasteiger partial charge in [-0.3, -0.25) is 0 Å². The Kier molecular flexibility index (Phi) is 8.73. The molecule has 0 spiro atoms. The van der Waals surface area contributed by atoms with Crippen LogP contribution in [0.5, 0.6) is 0 Å². The molecule has 11 heavy (non-hydrogen) atoms. The summed E-state index contributed by atoms with van der Waals surface area (Å²) >= 11 is 3.23. The van der Waals surface area contributed by atoms with Crippen LogP contribution in [-0.2, 0) is 0 Å². The summed E-state index contributed by atoms with van der Waals surface area (Å²) in [6, 6.07) is 0. The predicted molar refractivity (Wildman–Crippen MR) is 52.8 cm³/mol. The van der Waals surface area contributed by atoms with Crippen molar-refractivity contribution in [2.45, 2.75) is 6.92 Å². The van der Waals surface area contributed by atoms with Gasteiger partial charge in [0.15, 0.2) is 0 Å². The molecule has 0 heterocycles. The lowest BCUT2D eigenvalue weighted by Gasteiger charge is -1.97. The fourth-order valence-electron chi connectivity index (χ4n) is 0.470. The summed E-state index contributed by atoms with van der Waals surface area (Å²) in [7, 11) is 0. The first-order valence-corrected chi connectivity index (χ1v) is 5.47. The summed E-state index contributed by atoms with van der Waals surface area (Å²) in [4.78, 5) is 1.19. The van der Waals surface area contributed by atoms with Crippen LogP contribution >= 0.6 is 23.5 Å². The average molecular weight is 194 g/mol. The molecule has 2 N–H and O–H groups in total. The predicted octanol–water partition coefficient (Wildman–Crippen LogP) is 1.30. The van der Waals surface area contributed by atoms with E-state index >= 15 is 0 Å². The van der Waals surface area contributed by atoms with Crippen molar-refractivity contribution in [1.82, 2.24) is 0 Å². The zero-order valence-corrected chi connectivity index (χ0v) is 8.25. The number of aliphatic hydroxyl groups excluding tert-OH is 2. The van der Waals surface area contributed by atoms with Crippen molar-refractivity contribution in [3.63, 3.8) is 0 Å². The number of thioether (sulfide) groups is 2. The Hall–Kier alpha value is 0.360. The zero-order chi connectivity index (χ0) is 8.53. The van der Waals surface area contributed by atoms with Gasteiger partial charge in [0.05, 0.1) is 13.2 Å². The maximum atomic E-state index is 8.49. The average Bonchev–Trinajstić information content (AvgIpc) is 2.01. The van der Waals surface area contributed by atoms with E-state index < -0.39 is 0 Å². The third-order valence-corrected chi connectivity index (χ3v) is 2.93. The highest BCUT2D eigenvalue weighted by Crippen LogP contribution is 2.17. The van der Waals surface area contributed by atoms with Gasteiger partial charge in [-0.15, -0.1) is 23.5 Å². The first-order valence-electron chi connectivity index (χ1n) is 3.44. The summed E-state index contributed by atoms with van der Waals surface area (Å²) in [5.74, 6) is 1.50. The monoisotopic (exact) mass is 194 g/mol. The molecule has 0 aromatic heterocycles. The van der Waals surface area contributed by atoms with Crippen LogP contribution in [0.1, 0.15) is 6.92 Å². The highest BCUT2D eigenvalue weighted by Gasteiger charge is 1.89. The van der Waals surface area contributed by atoms with Crippen molar-refractivity contribution in [2.75, 3.05) is 24.7 Å². The molecule has 0 bridgehead atoms. The summed E-state index contributed by atoms with van der Waals surface area (Å²) < 4.78 is 0. The molecule has 0 aromatic rings. The Morgan fingerprint density at radius 2 is 1.91 bits per heavy atom. The molecule has 0 atom stereocenters. The Labute approximate surface area is 76.1 Å². The van der Waals surface area contributed by atoms with Crippen LogP contribution < -0.4 is 0 Å². The quantitative estimate of drug-likeness (QED) is 0.625. The van der Waals surface area contributed by atoms with E-state index in [9.17, 15) is 0 Å². The van der Waals surface area contributed by atoms with Crippen molar-refractivity contribution in [3.05, 3.63) is 10.3 Å². The molecule has 0 aliphatic carbocycles. The van der Waals surface area contributed by atoms with E-state index in [0.717, 1.165) is 11.5 Å². The lowest BCUT2D eigenvalue weighted by atomic mass is 10.7. The first kappa shape index (κ1) is 11.4. The van der Waals surface area contributed by atoms with Crippen LogP contribution in [0.4, 0.5) is 0 Å². The molecular weight excluding hydrogens is 180 g/mol. The van der Waals surface area contributed by atoms with Crippen LogP contribution in [0.25, 0.3) is 0 Å². The van der Waals surface area contributed by atoms with Crippen LogP contribution in [0, 0.1) is 0 Å². The van der Waals surface area contributed by atoms with Gasteiger partial charge in [0.2, 0.25) is 0 Å². The second-order valence-corrected chi connectivity index (χ2v) is 4.21. The molecule has 0 aliphatic rings. The molecule has 0 rings (SSSR count). The van der Waals surface area contributed by atoms with E-state index in [-0.39, 0.29) is 13.2 Å². The van der Waals surface area contributed by atoms with Gasteiger partial charge in [-0.05, 0) is 17.2 Å². The summed E-state index contributed by atoms with van der Waals surface area (Å²) in [5.41, 5.74) is 0. The van der Waals surface area contributed by atoms with Crippen LogP contribution in [0.3, 0.4) is 0 Å². The molecule has 0 saturated carbocycles. The molecule has 66 valence electrons. The van der Waals surface area contributed by atoms with E-state index in [1.807, 2.05) is 12.3 Å². The smallest absolute Gasteiger partial charge is 0.0525 e. The summed E-state index contributed by atoms with van der Waals surface area (Å²) in [6.45, 7) is 2.45. The number of hydrogen-bond acceptors (Lipinski definition) is 4. The van der Waals surface area contributed by atoms with Gasteiger partial charge >= 0.3 is 0 Å². The molecule has 0 radical (unpaired) electrons. The van der Waals surface area contributed by atoms with Crippen molar-refractivity contribution < 1.29 is 10.2 Å². The van der Waals surface area contributed by atoms with E-state index in [1.165, 1.54) is 4.91 Å². The van der Waals surface area contributed by atoms with Gasteiger partial charge in [-0.2, -0.15) is 0 Å². The molecule has 0 unspecified atom stereocenters. The van der Waals surface area contributed by atoms with Gasteiger partial charge in [0.1, 0.15) is 0 Å². The third-order valence-electron chi connectivity index (χ3n) is 0.879. The molecule has 4 heteroatoms. The van der Waals surface area contributed by atoms with E-state index in [1.54, 1.807) is 23.5 Å². The Morgan fingerprint density at radius 3 is 2.45 bits per heavy atom. The van der Waals surface area contributed by atoms with Crippen LogP contribution in [-0.4, -0.2) is 34.9 Å². The van der Waals surface area contributed by atoms with E-state index in [4.69, 9.17) is 10.2 Å². The molecule has 0 amide bonds. The number of allylic oxidation sites excluding steroid dienone is 1. The fourth-order valence-corrected chi connectivity index (χ4v) is 1.82. The number of aliphatic hydroxyl groups is 2. The van der Waals surface area contributed by atoms with Crippen molar-refractivity contribution in [2.24, 2.45) is 0 Å². The second-order valence-electron chi connectivity index (χ2n) is 1.89. The van der Waals surface area contributed by atoms with Crippen LogP contribution in [0.15, 0.2) is 10.3 Å². The normalized spacial score (nSPS) is 12.1. The van der Waals surface area contributed by atoms with Crippen molar-refractivity contribution in [3.8, 4) is 0 Å². The minimum Gasteiger partial charge on any atom is -0.396 e. The number of rotatable bonds is 6. The Bertz CT molecular complexity index is 115. The number of hydrogen-bond donors (Lipinski definition) is 2. The Morgan fingerprint density at radius 1 is 1.27 bits per heavy atom. The molecular formula is C7H14O2S2. The minimum absolute atomic E-state index is 0.221. The van der Waals surface area contributed by atoms with Crippen molar-refractivity contribution in [1.29, 1.82) is 0 Å². The van der Waals surface area contributed by atoms with Gasteiger partial charge in [0.25, 0.3) is 0 Å². The second kappa shape index (κ2) is 8.46. The molecule has 0 fully saturated rings. The molecule has 0 aliphatic heterocycles. The van der Waals surface area contributed by atoms with E-state index in [2.05, 4.69) is 0 Å². The van der Waals surface area contributed by atoms with E-state index in [0.29, 0.717) is 0 Å². The highest BCUT2D eigenvalue weighted by molar-refractivity contribution is 8.06. The highest BCUT2D eigenvalue weighted by atomic mass is 32.2. The fraction of sp³-hybridized carbons (Fsp3) is 0.714. The largest absolute Gasteiger partial charge is 0.396 e. The standard InChI is InChI=1S/C7H14O2S2/c1-7(11-5-3-9)6-10-4-2-8/h6,8-9H,2-5H2,1H3/b7-6-. The molecule has 0 aromatic carbocycles. The zero-order valence-electron chi connectivity index (χ0n) is 6.62. The maximum Gasteiger partial charge on any atom is 0.0525 e. The SMILES string of the molecule is C/C(=C/SCCO)SCCO. The molecule has 2 nitrogen and oxygen atoms in total. The molecule has 0 saturated heterocycles. The maximum absolute atomic E-state index is 8.49. The summed E-state index contributed by atoms with van der Waals surface area (Å²) in [6.07, 6.45) is 0. The lowest BCUT2D eigenvalue weighted by molar-refractivity contribution is 0.322. The Balaban J connectivity index is 3.30. The van der Waals surface area contributed by atoms with Crippen LogP contribution in [0.2, 0.25) is 0 Å². The van der Waals surface area contributed by atoms with Gasteiger partial charge in [-0.1, -0.05) is 0 Å². The topological polar surface area (TPSA) is 40.5 Å². The van der Waals surface area contributed by atoms with Gasteiger partial charge in [0, 0.05) is 11.5 Å². The first-order chi connectivity index (χ1) is 5.31.